The molecule has 4 atom stereocenters. The minimum Gasteiger partial charge on any atom is -0.460 e. The van der Waals surface area contributed by atoms with E-state index in [1.807, 2.05) is 0 Å². The van der Waals surface area contributed by atoms with Crippen LogP contribution in [0.15, 0.2) is 0 Å². The first kappa shape index (κ1) is 20.7. The molecule has 0 aromatic rings. The third-order valence-electron chi connectivity index (χ3n) is 5.00. The summed E-state index contributed by atoms with van der Waals surface area (Å²) in [5, 5.41) is 0. The number of carbonyl (C=O) groups excluding carboxylic acids is 3. The Kier molecular flexibility index (Phi) is 8.35. The van der Waals surface area contributed by atoms with Gasteiger partial charge in [0.25, 0.3) is 0 Å². The molecule has 148 valence electrons. The van der Waals surface area contributed by atoms with Crippen molar-refractivity contribution in [2.45, 2.75) is 95.5 Å². The van der Waals surface area contributed by atoms with Gasteiger partial charge in [0.05, 0.1) is 18.9 Å². The molecule has 4 unspecified atom stereocenters. The van der Waals surface area contributed by atoms with Gasteiger partial charge in [-0.05, 0) is 44.9 Å². The van der Waals surface area contributed by atoms with E-state index in [-0.39, 0.29) is 37.1 Å². The van der Waals surface area contributed by atoms with Crippen molar-refractivity contribution in [3.05, 3.63) is 0 Å². The first-order valence-corrected chi connectivity index (χ1v) is 9.58. The monoisotopic (exact) mass is 370 g/mol. The van der Waals surface area contributed by atoms with Crippen molar-refractivity contribution >= 4 is 17.9 Å². The summed E-state index contributed by atoms with van der Waals surface area (Å²) < 4.78 is 21.5. The van der Waals surface area contributed by atoms with Crippen LogP contribution < -0.4 is 0 Å². The van der Waals surface area contributed by atoms with E-state index in [1.165, 1.54) is 6.92 Å². The zero-order valence-electron chi connectivity index (χ0n) is 15.7. The molecule has 2 aliphatic carbocycles. The summed E-state index contributed by atoms with van der Waals surface area (Å²) in [7, 11) is 1.62. The highest BCUT2D eigenvalue weighted by atomic mass is 16.6. The van der Waals surface area contributed by atoms with Crippen LogP contribution in [0.3, 0.4) is 0 Å². The van der Waals surface area contributed by atoms with Crippen LogP contribution in [0.4, 0.5) is 0 Å². The fraction of sp³-hybridized carbons (Fsp3) is 0.842. The second-order valence-corrected chi connectivity index (χ2v) is 7.05. The summed E-state index contributed by atoms with van der Waals surface area (Å²) in [6.45, 7) is 1.35. The zero-order valence-corrected chi connectivity index (χ0v) is 15.7. The van der Waals surface area contributed by atoms with Crippen molar-refractivity contribution in [1.29, 1.82) is 0 Å². The van der Waals surface area contributed by atoms with E-state index < -0.39 is 18.0 Å². The van der Waals surface area contributed by atoms with Gasteiger partial charge in [-0.3, -0.25) is 14.4 Å². The normalized spacial score (nSPS) is 28.8. The fourth-order valence-electron chi connectivity index (χ4n) is 3.67. The molecule has 7 heteroatoms. The standard InChI is InChI=1S/C19H30O7/c1-13(20)24-16-9-5-6-10-17(16)26-19(22)12-11-18(21)25-15-8-4-3-7-14(15)23-2/h14-17H,3-12H2,1-2H3. The maximum Gasteiger partial charge on any atom is 0.306 e. The molecular formula is C19H30O7. The molecule has 2 rings (SSSR count). The average molecular weight is 370 g/mol. The van der Waals surface area contributed by atoms with Gasteiger partial charge in [-0.1, -0.05) is 6.42 Å². The predicted molar refractivity (Wildman–Crippen MR) is 92.3 cm³/mol. The van der Waals surface area contributed by atoms with Crippen LogP contribution in [-0.4, -0.2) is 49.4 Å². The molecule has 7 nitrogen and oxygen atoms in total. The molecule has 0 bridgehead atoms. The highest BCUT2D eigenvalue weighted by Crippen LogP contribution is 2.25. The van der Waals surface area contributed by atoms with Gasteiger partial charge in [-0.2, -0.15) is 0 Å². The van der Waals surface area contributed by atoms with E-state index in [0.717, 1.165) is 38.5 Å². The first-order chi connectivity index (χ1) is 12.5. The number of methoxy groups -OCH3 is 1. The third-order valence-corrected chi connectivity index (χ3v) is 5.00. The lowest BCUT2D eigenvalue weighted by Gasteiger charge is -2.30. The first-order valence-electron chi connectivity index (χ1n) is 9.58. The molecule has 2 aliphatic rings. The van der Waals surface area contributed by atoms with Crippen LogP contribution in [0.2, 0.25) is 0 Å². The SMILES string of the molecule is COC1CCCCC1OC(=O)CCC(=O)OC1CCCCC1OC(C)=O. The number of hydrogen-bond acceptors (Lipinski definition) is 7. The summed E-state index contributed by atoms with van der Waals surface area (Å²) in [6.07, 6.45) is 5.84. The van der Waals surface area contributed by atoms with Crippen molar-refractivity contribution in [1.82, 2.24) is 0 Å². The van der Waals surface area contributed by atoms with Crippen LogP contribution >= 0.6 is 0 Å². The second kappa shape index (κ2) is 10.5. The van der Waals surface area contributed by atoms with E-state index in [0.29, 0.717) is 12.8 Å². The molecular weight excluding hydrogens is 340 g/mol. The summed E-state index contributed by atoms with van der Waals surface area (Å²) >= 11 is 0. The molecule has 2 fully saturated rings. The molecule has 0 aromatic carbocycles. The van der Waals surface area contributed by atoms with E-state index in [2.05, 4.69) is 0 Å². The van der Waals surface area contributed by atoms with Gasteiger partial charge in [0.15, 0.2) is 0 Å². The van der Waals surface area contributed by atoms with E-state index in [4.69, 9.17) is 18.9 Å². The van der Waals surface area contributed by atoms with Crippen LogP contribution in [-0.2, 0) is 33.3 Å². The van der Waals surface area contributed by atoms with Crippen LogP contribution in [0.5, 0.6) is 0 Å². The number of carbonyl (C=O) groups is 3. The maximum atomic E-state index is 12.1. The Bertz CT molecular complexity index is 490. The lowest BCUT2D eigenvalue weighted by Crippen LogP contribution is -2.37. The Morgan fingerprint density at radius 1 is 0.692 bits per heavy atom. The molecule has 0 radical (unpaired) electrons. The van der Waals surface area contributed by atoms with E-state index >= 15 is 0 Å². The van der Waals surface area contributed by atoms with Gasteiger partial charge in [-0.25, -0.2) is 0 Å². The van der Waals surface area contributed by atoms with Gasteiger partial charge in [-0.15, -0.1) is 0 Å². The Morgan fingerprint density at radius 2 is 1.08 bits per heavy atom. The van der Waals surface area contributed by atoms with Crippen molar-refractivity contribution < 1.29 is 33.3 Å². The minimum atomic E-state index is -0.460. The molecule has 2 saturated carbocycles. The second-order valence-electron chi connectivity index (χ2n) is 7.05. The Morgan fingerprint density at radius 3 is 1.50 bits per heavy atom. The molecule has 0 aliphatic heterocycles. The largest absolute Gasteiger partial charge is 0.460 e. The third kappa shape index (κ3) is 6.59. The highest BCUT2D eigenvalue weighted by molar-refractivity contribution is 5.78. The van der Waals surface area contributed by atoms with Crippen molar-refractivity contribution in [2.75, 3.05) is 7.11 Å². The molecule has 0 saturated heterocycles. The van der Waals surface area contributed by atoms with Crippen molar-refractivity contribution in [3.63, 3.8) is 0 Å². The van der Waals surface area contributed by atoms with Crippen molar-refractivity contribution in [3.8, 4) is 0 Å². The zero-order chi connectivity index (χ0) is 18.9. The Hall–Kier alpha value is -1.63. The highest BCUT2D eigenvalue weighted by Gasteiger charge is 2.31. The summed E-state index contributed by atoms with van der Waals surface area (Å²) in [5.41, 5.74) is 0. The molecule has 0 N–H and O–H groups in total. The van der Waals surface area contributed by atoms with Crippen LogP contribution in [0.25, 0.3) is 0 Å². The van der Waals surface area contributed by atoms with Gasteiger partial charge in [0.2, 0.25) is 0 Å². The fourth-order valence-corrected chi connectivity index (χ4v) is 3.67. The van der Waals surface area contributed by atoms with Gasteiger partial charge in [0, 0.05) is 14.0 Å². The predicted octanol–water partition coefficient (Wildman–Crippen LogP) is 2.68. The minimum absolute atomic E-state index is 0.0171. The average Bonchev–Trinajstić information content (AvgIpc) is 2.62. The topological polar surface area (TPSA) is 88.1 Å². The summed E-state index contributed by atoms with van der Waals surface area (Å²) in [6, 6.07) is 0. The smallest absolute Gasteiger partial charge is 0.306 e. The molecule has 0 aromatic heterocycles. The lowest BCUT2D eigenvalue weighted by molar-refractivity contribution is -0.172. The van der Waals surface area contributed by atoms with Gasteiger partial charge >= 0.3 is 17.9 Å². The lowest BCUT2D eigenvalue weighted by atomic mass is 9.94. The number of esters is 3. The number of rotatable bonds is 7. The maximum absolute atomic E-state index is 12.1. The quantitative estimate of drug-likeness (QED) is 0.503. The van der Waals surface area contributed by atoms with Crippen LogP contribution in [0.1, 0.15) is 71.1 Å². The van der Waals surface area contributed by atoms with E-state index in [9.17, 15) is 14.4 Å². The molecule has 0 amide bonds. The Balaban J connectivity index is 1.73. The molecule has 26 heavy (non-hydrogen) atoms. The van der Waals surface area contributed by atoms with Gasteiger partial charge in [0.1, 0.15) is 18.3 Å². The van der Waals surface area contributed by atoms with Crippen molar-refractivity contribution in [2.24, 2.45) is 0 Å². The van der Waals surface area contributed by atoms with E-state index in [1.54, 1.807) is 7.11 Å². The number of hydrogen-bond donors (Lipinski definition) is 0. The number of ether oxygens (including phenoxy) is 4. The van der Waals surface area contributed by atoms with Crippen LogP contribution in [0, 0.1) is 0 Å². The van der Waals surface area contributed by atoms with Gasteiger partial charge < -0.3 is 18.9 Å². The molecule has 0 spiro atoms. The summed E-state index contributed by atoms with van der Waals surface area (Å²) in [5.74, 6) is -1.24. The Labute approximate surface area is 154 Å². The molecule has 0 heterocycles. The summed E-state index contributed by atoms with van der Waals surface area (Å²) in [4.78, 5) is 35.3.